The number of allylic oxidation sites excluding steroid dienone is 1. The molecule has 2 nitrogen and oxygen atoms in total. The molecule has 1 unspecified atom stereocenters. The molecule has 0 saturated carbocycles. The molecule has 1 rings (SSSR count). The molecule has 0 heterocycles. The largest absolute Gasteiger partial charge is 0.504 e. The number of para-hydroxylation sites is 1. The number of ether oxygens (including phenoxy) is 1. The molecule has 0 saturated heterocycles. The van der Waals surface area contributed by atoms with E-state index in [0.29, 0.717) is 12.4 Å². The van der Waals surface area contributed by atoms with Crippen LogP contribution in [0.1, 0.15) is 25.3 Å². The number of phenols is 1. The van der Waals surface area contributed by atoms with Crippen molar-refractivity contribution in [3.63, 3.8) is 0 Å². The van der Waals surface area contributed by atoms with Gasteiger partial charge in [-0.3, -0.25) is 0 Å². The van der Waals surface area contributed by atoms with E-state index in [-0.39, 0.29) is 11.7 Å². The summed E-state index contributed by atoms with van der Waals surface area (Å²) in [5.74, 6) is 0.948. The van der Waals surface area contributed by atoms with E-state index in [1.807, 2.05) is 32.1 Å². The Bertz CT molecular complexity index is 318. The van der Waals surface area contributed by atoms with E-state index >= 15 is 0 Å². The first-order chi connectivity index (χ1) is 6.70. The summed E-state index contributed by atoms with van der Waals surface area (Å²) in [5, 5.41) is 9.61. The lowest BCUT2D eigenvalue weighted by Gasteiger charge is -2.14. The molecule has 0 amide bonds. The molecule has 1 atom stereocenters. The van der Waals surface area contributed by atoms with Crippen LogP contribution in [0.5, 0.6) is 11.5 Å². The highest BCUT2D eigenvalue weighted by molar-refractivity contribution is 5.48. The molecule has 1 aromatic carbocycles. The minimum Gasteiger partial charge on any atom is -0.504 e. The molecular weight excluding hydrogens is 176 g/mol. The summed E-state index contributed by atoms with van der Waals surface area (Å²) >= 11 is 0. The molecule has 0 aliphatic rings. The minimum absolute atomic E-state index is 0.184. The van der Waals surface area contributed by atoms with Gasteiger partial charge in [0, 0.05) is 11.5 Å². The van der Waals surface area contributed by atoms with E-state index in [9.17, 15) is 5.11 Å². The van der Waals surface area contributed by atoms with Gasteiger partial charge < -0.3 is 9.84 Å². The second kappa shape index (κ2) is 4.70. The van der Waals surface area contributed by atoms with Crippen LogP contribution in [0, 0.1) is 0 Å². The van der Waals surface area contributed by atoms with Crippen LogP contribution in [0.3, 0.4) is 0 Å². The summed E-state index contributed by atoms with van der Waals surface area (Å²) in [6.45, 7) is 8.20. The summed E-state index contributed by atoms with van der Waals surface area (Å²) in [7, 11) is 0. The zero-order valence-electron chi connectivity index (χ0n) is 8.66. The van der Waals surface area contributed by atoms with Crippen molar-refractivity contribution >= 4 is 0 Å². The van der Waals surface area contributed by atoms with E-state index in [4.69, 9.17) is 4.74 Å². The Balaban J connectivity index is 3.13. The quantitative estimate of drug-likeness (QED) is 0.743. The smallest absolute Gasteiger partial charge is 0.164 e. The molecule has 0 bridgehead atoms. The molecule has 1 aromatic rings. The number of hydrogen-bond acceptors (Lipinski definition) is 2. The van der Waals surface area contributed by atoms with Crippen LogP contribution in [-0.2, 0) is 0 Å². The van der Waals surface area contributed by atoms with Gasteiger partial charge in [-0.15, -0.1) is 6.58 Å². The van der Waals surface area contributed by atoms with E-state index in [1.54, 1.807) is 6.07 Å². The number of phenolic OH excluding ortho intramolecular Hbond substituents is 1. The van der Waals surface area contributed by atoms with Gasteiger partial charge in [0.1, 0.15) is 0 Å². The molecule has 0 aliphatic heterocycles. The Morgan fingerprint density at radius 1 is 1.57 bits per heavy atom. The van der Waals surface area contributed by atoms with Crippen molar-refractivity contribution in [1.29, 1.82) is 0 Å². The topological polar surface area (TPSA) is 29.5 Å². The van der Waals surface area contributed by atoms with Crippen LogP contribution < -0.4 is 4.74 Å². The van der Waals surface area contributed by atoms with Crippen molar-refractivity contribution in [3.05, 3.63) is 36.4 Å². The van der Waals surface area contributed by atoms with Crippen molar-refractivity contribution in [2.24, 2.45) is 0 Å². The fraction of sp³-hybridized carbons (Fsp3) is 0.333. The zero-order valence-corrected chi connectivity index (χ0v) is 8.66. The summed E-state index contributed by atoms with van der Waals surface area (Å²) in [4.78, 5) is 0. The SMILES string of the molecule is C=CC(C)c1cccc(O)c1OCC. The predicted octanol–water partition coefficient (Wildman–Crippen LogP) is 3.08. The summed E-state index contributed by atoms with van der Waals surface area (Å²) in [6.07, 6.45) is 1.83. The Morgan fingerprint density at radius 2 is 2.29 bits per heavy atom. The van der Waals surface area contributed by atoms with Gasteiger partial charge in [-0.25, -0.2) is 0 Å². The summed E-state index contributed by atoms with van der Waals surface area (Å²) in [6, 6.07) is 5.38. The van der Waals surface area contributed by atoms with Crippen LogP contribution in [0.4, 0.5) is 0 Å². The minimum atomic E-state index is 0.184. The number of hydrogen-bond donors (Lipinski definition) is 1. The van der Waals surface area contributed by atoms with Gasteiger partial charge >= 0.3 is 0 Å². The Hall–Kier alpha value is -1.44. The van der Waals surface area contributed by atoms with Gasteiger partial charge in [-0.2, -0.15) is 0 Å². The molecule has 14 heavy (non-hydrogen) atoms. The molecule has 2 heteroatoms. The standard InChI is InChI=1S/C12H16O2/c1-4-9(3)10-7-6-8-11(13)12(10)14-5-2/h4,6-9,13H,1,5H2,2-3H3. The maximum atomic E-state index is 9.61. The average molecular weight is 192 g/mol. The fourth-order valence-electron chi connectivity index (χ4n) is 1.33. The van der Waals surface area contributed by atoms with E-state index in [1.165, 1.54) is 0 Å². The molecule has 0 radical (unpaired) electrons. The van der Waals surface area contributed by atoms with Gasteiger partial charge in [0.05, 0.1) is 6.61 Å². The maximum absolute atomic E-state index is 9.61. The highest BCUT2D eigenvalue weighted by Gasteiger charge is 2.12. The van der Waals surface area contributed by atoms with Gasteiger partial charge in [0.25, 0.3) is 0 Å². The van der Waals surface area contributed by atoms with Crippen LogP contribution >= 0.6 is 0 Å². The Morgan fingerprint density at radius 3 is 2.86 bits per heavy atom. The third-order valence-electron chi connectivity index (χ3n) is 2.16. The van der Waals surface area contributed by atoms with E-state index in [2.05, 4.69) is 6.58 Å². The van der Waals surface area contributed by atoms with Crippen LogP contribution in [0.15, 0.2) is 30.9 Å². The highest BCUT2D eigenvalue weighted by Crippen LogP contribution is 2.35. The normalized spacial score (nSPS) is 12.1. The second-order valence-electron chi connectivity index (χ2n) is 3.15. The first-order valence-electron chi connectivity index (χ1n) is 4.78. The Kier molecular flexibility index (Phi) is 3.57. The third-order valence-corrected chi connectivity index (χ3v) is 2.16. The number of benzene rings is 1. The predicted molar refractivity (Wildman–Crippen MR) is 57.9 cm³/mol. The number of aromatic hydroxyl groups is 1. The lowest BCUT2D eigenvalue weighted by Crippen LogP contribution is -1.98. The molecule has 0 aromatic heterocycles. The van der Waals surface area contributed by atoms with E-state index in [0.717, 1.165) is 5.56 Å². The first-order valence-corrected chi connectivity index (χ1v) is 4.78. The highest BCUT2D eigenvalue weighted by atomic mass is 16.5. The first kappa shape index (κ1) is 10.6. The summed E-state index contributed by atoms with van der Waals surface area (Å²) in [5.41, 5.74) is 0.974. The Labute approximate surface area is 84.8 Å². The molecule has 76 valence electrons. The van der Waals surface area contributed by atoms with Crippen LogP contribution in [-0.4, -0.2) is 11.7 Å². The lowest BCUT2D eigenvalue weighted by atomic mass is 10.00. The maximum Gasteiger partial charge on any atom is 0.164 e. The lowest BCUT2D eigenvalue weighted by molar-refractivity contribution is 0.314. The zero-order chi connectivity index (χ0) is 10.6. The number of rotatable bonds is 4. The van der Waals surface area contributed by atoms with Crippen LogP contribution in [0.25, 0.3) is 0 Å². The van der Waals surface area contributed by atoms with Crippen molar-refractivity contribution in [2.75, 3.05) is 6.61 Å². The van der Waals surface area contributed by atoms with Crippen LogP contribution in [0.2, 0.25) is 0 Å². The third kappa shape index (κ3) is 2.08. The molecule has 0 fully saturated rings. The van der Waals surface area contributed by atoms with Crippen molar-refractivity contribution < 1.29 is 9.84 Å². The van der Waals surface area contributed by atoms with Crippen molar-refractivity contribution in [3.8, 4) is 11.5 Å². The second-order valence-corrected chi connectivity index (χ2v) is 3.15. The molecular formula is C12H16O2. The van der Waals surface area contributed by atoms with Crippen molar-refractivity contribution in [2.45, 2.75) is 19.8 Å². The average Bonchev–Trinajstić information content (AvgIpc) is 2.20. The van der Waals surface area contributed by atoms with E-state index < -0.39 is 0 Å². The molecule has 1 N–H and O–H groups in total. The molecule has 0 spiro atoms. The van der Waals surface area contributed by atoms with Crippen molar-refractivity contribution in [1.82, 2.24) is 0 Å². The monoisotopic (exact) mass is 192 g/mol. The summed E-state index contributed by atoms with van der Waals surface area (Å²) < 4.78 is 5.39. The fourth-order valence-corrected chi connectivity index (χ4v) is 1.33. The van der Waals surface area contributed by atoms with Gasteiger partial charge in [0.2, 0.25) is 0 Å². The van der Waals surface area contributed by atoms with Gasteiger partial charge in [-0.1, -0.05) is 25.1 Å². The van der Waals surface area contributed by atoms with Gasteiger partial charge in [0.15, 0.2) is 11.5 Å². The molecule has 0 aliphatic carbocycles. The van der Waals surface area contributed by atoms with Gasteiger partial charge in [-0.05, 0) is 13.0 Å².